The molecular weight excluding hydrogens is 533 g/mol. The Labute approximate surface area is 206 Å². The zero-order valence-corrected chi connectivity index (χ0v) is 19.6. The van der Waals surface area contributed by atoms with Gasteiger partial charge in [0.15, 0.2) is 5.15 Å². The number of alkyl halides is 4. The first kappa shape index (κ1) is 26.0. The monoisotopic (exact) mass is 549 g/mol. The molecule has 1 aliphatic rings. The zero-order chi connectivity index (χ0) is 26.3. The van der Waals surface area contributed by atoms with Gasteiger partial charge in [-0.1, -0.05) is 11.6 Å². The highest BCUT2D eigenvalue weighted by Gasteiger charge is 2.44. The number of hydrogen-bond acceptors (Lipinski definition) is 5. The number of pyridine rings is 1. The van der Waals surface area contributed by atoms with Crippen LogP contribution >= 0.6 is 11.6 Å². The number of halogens is 6. The highest BCUT2D eigenvalue weighted by molar-refractivity contribution is 7.89. The van der Waals surface area contributed by atoms with Crippen molar-refractivity contribution in [2.24, 2.45) is 0 Å². The van der Waals surface area contributed by atoms with Gasteiger partial charge in [0.1, 0.15) is 23.7 Å². The molecule has 8 nitrogen and oxygen atoms in total. The first-order chi connectivity index (χ1) is 16.9. The lowest BCUT2D eigenvalue weighted by Crippen LogP contribution is -2.45. The molecule has 2 atom stereocenters. The number of hydrogen-bond donors (Lipinski definition) is 2. The van der Waals surface area contributed by atoms with Crippen molar-refractivity contribution in [3.8, 4) is 11.3 Å². The molecule has 0 spiro atoms. The SMILES string of the molecule is O=C(NCc1c(Cl)n[nH]c1-c1ccc(C(F)(F)F)nc1)[C@@H]1C[C@@H](F)CN1S(=O)(=O)c1ccc(F)cc1. The molecule has 15 heteroatoms. The molecule has 2 N–H and O–H groups in total. The van der Waals surface area contributed by atoms with Gasteiger partial charge in [-0.05, 0) is 36.4 Å². The van der Waals surface area contributed by atoms with E-state index >= 15 is 0 Å². The maximum absolute atomic E-state index is 14.2. The van der Waals surface area contributed by atoms with E-state index in [4.69, 9.17) is 11.6 Å². The Balaban J connectivity index is 1.52. The summed E-state index contributed by atoms with van der Waals surface area (Å²) in [6.45, 7) is -0.852. The molecule has 0 radical (unpaired) electrons. The number of carbonyl (C=O) groups is 1. The number of H-pyrrole nitrogens is 1. The summed E-state index contributed by atoms with van der Waals surface area (Å²) in [6, 6.07) is 4.42. The molecule has 0 bridgehead atoms. The van der Waals surface area contributed by atoms with Crippen molar-refractivity contribution in [3.05, 3.63) is 64.8 Å². The standard InChI is InChI=1S/C21H17ClF5N5O3S/c22-19-15(18(30-31-19)11-1-6-17(28-8-11)21(25,26)27)9-29-20(33)16-7-13(24)10-32(16)36(34,35)14-4-2-12(23)3-5-14/h1-6,8,13,16H,7,9-10H2,(H,29,33)(H,30,31)/t13-,16+/m1/s1. The summed E-state index contributed by atoms with van der Waals surface area (Å²) in [6.07, 6.45) is -5.68. The molecule has 0 saturated carbocycles. The van der Waals surface area contributed by atoms with Crippen LogP contribution in [0.4, 0.5) is 22.0 Å². The number of amides is 1. The second kappa shape index (κ2) is 9.75. The lowest BCUT2D eigenvalue weighted by Gasteiger charge is -2.23. The summed E-state index contributed by atoms with van der Waals surface area (Å²) in [4.78, 5) is 16.0. The van der Waals surface area contributed by atoms with Crippen molar-refractivity contribution in [1.29, 1.82) is 0 Å². The van der Waals surface area contributed by atoms with Gasteiger partial charge >= 0.3 is 6.18 Å². The van der Waals surface area contributed by atoms with Gasteiger partial charge in [0.25, 0.3) is 0 Å². The van der Waals surface area contributed by atoms with E-state index in [0.29, 0.717) is 4.31 Å². The number of aromatic amines is 1. The third kappa shape index (κ3) is 5.20. The number of benzene rings is 1. The maximum atomic E-state index is 14.2. The van der Waals surface area contributed by atoms with E-state index in [9.17, 15) is 35.2 Å². The Morgan fingerprint density at radius 1 is 1.19 bits per heavy atom. The fraction of sp³-hybridized carbons (Fsp3) is 0.286. The number of rotatable bonds is 6. The van der Waals surface area contributed by atoms with E-state index in [1.807, 2.05) is 0 Å². The molecule has 0 aliphatic carbocycles. The number of nitrogens with zero attached hydrogens (tertiary/aromatic N) is 3. The van der Waals surface area contributed by atoms with Crippen LogP contribution in [0.1, 0.15) is 17.7 Å². The molecular formula is C21H17ClF5N5O3S. The number of aromatic nitrogens is 3. The average molecular weight is 550 g/mol. The van der Waals surface area contributed by atoms with E-state index in [0.717, 1.165) is 42.6 Å². The van der Waals surface area contributed by atoms with Crippen molar-refractivity contribution in [1.82, 2.24) is 24.8 Å². The van der Waals surface area contributed by atoms with Gasteiger partial charge in [-0.3, -0.25) is 14.9 Å². The summed E-state index contributed by atoms with van der Waals surface area (Å²) in [5.41, 5.74) is -0.505. The van der Waals surface area contributed by atoms with Crippen LogP contribution in [0.25, 0.3) is 11.3 Å². The molecule has 1 amide bonds. The van der Waals surface area contributed by atoms with Crippen LogP contribution in [0.15, 0.2) is 47.5 Å². The van der Waals surface area contributed by atoms with E-state index in [1.54, 1.807) is 0 Å². The third-order valence-corrected chi connectivity index (χ3v) is 7.73. The second-order valence-corrected chi connectivity index (χ2v) is 10.1. The van der Waals surface area contributed by atoms with E-state index in [2.05, 4.69) is 20.5 Å². The highest BCUT2D eigenvalue weighted by atomic mass is 35.5. The molecule has 1 fully saturated rings. The number of nitrogens with one attached hydrogen (secondary N) is 2. The Bertz CT molecular complexity index is 1360. The normalized spacial score (nSPS) is 18.9. The van der Waals surface area contributed by atoms with Crippen molar-refractivity contribution in [3.63, 3.8) is 0 Å². The summed E-state index contributed by atoms with van der Waals surface area (Å²) in [7, 11) is -4.31. The van der Waals surface area contributed by atoms with E-state index in [1.165, 1.54) is 0 Å². The van der Waals surface area contributed by atoms with Crippen molar-refractivity contribution < 1.29 is 35.2 Å². The molecule has 3 aromatic rings. The summed E-state index contributed by atoms with van der Waals surface area (Å²) < 4.78 is 92.4. The Hall–Kier alpha value is -3.10. The number of carbonyl (C=O) groups excluding carboxylic acids is 1. The lowest BCUT2D eigenvalue weighted by molar-refractivity contribution is -0.141. The van der Waals surface area contributed by atoms with Crippen LogP contribution in [0.2, 0.25) is 5.15 Å². The maximum Gasteiger partial charge on any atom is 0.433 e. The first-order valence-corrected chi connectivity index (χ1v) is 12.2. The summed E-state index contributed by atoms with van der Waals surface area (Å²) in [5, 5.41) is 8.74. The molecule has 1 aliphatic heterocycles. The molecule has 4 rings (SSSR count). The van der Waals surface area contributed by atoms with Crippen LogP contribution in [0, 0.1) is 5.82 Å². The topological polar surface area (TPSA) is 108 Å². The fourth-order valence-electron chi connectivity index (χ4n) is 3.75. The van der Waals surface area contributed by atoms with Crippen LogP contribution in [0.3, 0.4) is 0 Å². The lowest BCUT2D eigenvalue weighted by atomic mass is 10.1. The molecule has 1 saturated heterocycles. The van der Waals surface area contributed by atoms with Crippen molar-refractivity contribution >= 4 is 27.5 Å². The van der Waals surface area contributed by atoms with Gasteiger partial charge in [0, 0.05) is 36.8 Å². The molecule has 192 valence electrons. The highest BCUT2D eigenvalue weighted by Crippen LogP contribution is 2.32. The molecule has 3 heterocycles. The minimum atomic E-state index is -4.63. The minimum Gasteiger partial charge on any atom is -0.350 e. The second-order valence-electron chi connectivity index (χ2n) is 7.89. The number of sulfonamides is 1. The Morgan fingerprint density at radius 2 is 1.89 bits per heavy atom. The van der Waals surface area contributed by atoms with Gasteiger partial charge in [-0.25, -0.2) is 17.2 Å². The van der Waals surface area contributed by atoms with Crippen molar-refractivity contribution in [2.75, 3.05) is 6.54 Å². The van der Waals surface area contributed by atoms with Gasteiger partial charge in [-0.15, -0.1) is 0 Å². The van der Waals surface area contributed by atoms with Gasteiger partial charge in [0.2, 0.25) is 15.9 Å². The van der Waals surface area contributed by atoms with Crippen LogP contribution in [-0.2, 0) is 27.5 Å². The largest absolute Gasteiger partial charge is 0.433 e. The van der Waals surface area contributed by atoms with Crippen molar-refractivity contribution in [2.45, 2.75) is 36.3 Å². The molecule has 1 aromatic carbocycles. The third-order valence-electron chi connectivity index (χ3n) is 5.53. The average Bonchev–Trinajstić information content (AvgIpc) is 3.40. The Morgan fingerprint density at radius 3 is 2.50 bits per heavy atom. The summed E-state index contributed by atoms with van der Waals surface area (Å²) in [5.74, 6) is -1.49. The fourth-order valence-corrected chi connectivity index (χ4v) is 5.58. The molecule has 0 unspecified atom stereocenters. The zero-order valence-electron chi connectivity index (χ0n) is 18.1. The van der Waals surface area contributed by atoms with Crippen LogP contribution in [-0.4, -0.2) is 52.6 Å². The van der Waals surface area contributed by atoms with Gasteiger partial charge < -0.3 is 5.32 Å². The van der Waals surface area contributed by atoms with Crippen LogP contribution < -0.4 is 5.32 Å². The van der Waals surface area contributed by atoms with E-state index < -0.39 is 58.8 Å². The molecule has 2 aromatic heterocycles. The predicted octanol–water partition coefficient (Wildman–Crippen LogP) is 3.70. The predicted molar refractivity (Wildman–Crippen MR) is 117 cm³/mol. The summed E-state index contributed by atoms with van der Waals surface area (Å²) >= 11 is 6.07. The minimum absolute atomic E-state index is 0.0872. The van der Waals surface area contributed by atoms with Gasteiger partial charge in [0.05, 0.1) is 10.6 Å². The smallest absolute Gasteiger partial charge is 0.350 e. The quantitative estimate of drug-likeness (QED) is 0.456. The van der Waals surface area contributed by atoms with Gasteiger partial charge in [-0.2, -0.15) is 22.6 Å². The first-order valence-electron chi connectivity index (χ1n) is 10.3. The van der Waals surface area contributed by atoms with Crippen LogP contribution in [0.5, 0.6) is 0 Å². The Kier molecular flexibility index (Phi) is 7.03. The molecule has 36 heavy (non-hydrogen) atoms. The van der Waals surface area contributed by atoms with E-state index in [-0.39, 0.29) is 33.4 Å².